The molecule has 0 aromatic heterocycles. The average molecular weight is 530 g/mol. The smallest absolute Gasteiger partial charge is 0.249 e. The summed E-state index contributed by atoms with van der Waals surface area (Å²) in [5.41, 5.74) is 4.32. The molecule has 0 aliphatic rings. The number of carbonyl (C=O) groups excluding carboxylic acids is 2. The van der Waals surface area contributed by atoms with Gasteiger partial charge in [-0.1, -0.05) is 35.3 Å². The van der Waals surface area contributed by atoms with Crippen molar-refractivity contribution in [3.63, 3.8) is 0 Å². The van der Waals surface area contributed by atoms with Crippen LogP contribution in [-0.4, -0.2) is 31.7 Å². The Bertz CT molecular complexity index is 1250. The van der Waals surface area contributed by atoms with E-state index >= 15 is 0 Å². The fourth-order valence-corrected chi connectivity index (χ4v) is 3.52. The molecule has 0 saturated carbocycles. The van der Waals surface area contributed by atoms with Crippen LogP contribution in [0.4, 0.5) is 5.69 Å². The molecule has 0 aliphatic heterocycles. The van der Waals surface area contributed by atoms with Crippen LogP contribution in [-0.2, 0) is 16.2 Å². The third-order valence-corrected chi connectivity index (χ3v) is 5.33. The van der Waals surface area contributed by atoms with Gasteiger partial charge in [-0.15, -0.1) is 0 Å². The molecule has 0 saturated heterocycles. The molecule has 0 fully saturated rings. The maximum Gasteiger partial charge on any atom is 0.249 e. The van der Waals surface area contributed by atoms with Crippen molar-refractivity contribution in [1.29, 1.82) is 0 Å². The maximum absolute atomic E-state index is 12.1. The van der Waals surface area contributed by atoms with Gasteiger partial charge in [-0.3, -0.25) is 9.59 Å². The fourth-order valence-electron chi connectivity index (χ4n) is 3.06. The van der Waals surface area contributed by atoms with Crippen molar-refractivity contribution in [3.8, 4) is 17.2 Å². The van der Waals surface area contributed by atoms with Crippen molar-refractivity contribution in [1.82, 2.24) is 5.43 Å². The summed E-state index contributed by atoms with van der Waals surface area (Å²) < 4.78 is 16.7. The van der Waals surface area contributed by atoms with Crippen molar-refractivity contribution in [2.75, 3.05) is 19.0 Å². The monoisotopic (exact) mass is 529 g/mol. The number of rotatable bonds is 11. The molecule has 0 spiro atoms. The second-order valence-corrected chi connectivity index (χ2v) is 8.26. The van der Waals surface area contributed by atoms with Gasteiger partial charge in [0.05, 0.1) is 19.9 Å². The predicted octanol–water partition coefficient (Wildman–Crippen LogP) is 5.46. The van der Waals surface area contributed by atoms with Gasteiger partial charge in [-0.25, -0.2) is 5.43 Å². The molecule has 0 unspecified atom stereocenters. The van der Waals surface area contributed by atoms with E-state index in [0.717, 1.165) is 5.56 Å². The molecule has 3 aromatic rings. The normalized spacial score (nSPS) is 10.7. The first-order valence-corrected chi connectivity index (χ1v) is 11.7. The molecule has 0 bridgehead atoms. The quantitative estimate of drug-likeness (QED) is 0.195. The first kappa shape index (κ1) is 26.8. The number of benzene rings is 3. The Morgan fingerprint density at radius 3 is 2.56 bits per heavy atom. The second kappa shape index (κ2) is 13.4. The van der Waals surface area contributed by atoms with E-state index in [1.165, 1.54) is 13.3 Å². The van der Waals surface area contributed by atoms with Crippen molar-refractivity contribution >= 4 is 46.9 Å². The standard InChI is InChI=1S/C26H25Cl2N3O5/c1-3-35-24-11-17(7-10-23(24)36-16-18-8-9-19(27)12-22(18)28)15-29-31-26(33)14-25(32)30-20-5-4-6-21(13-20)34-2/h4-13,15H,3,14,16H2,1-2H3,(H,30,32)(H,31,33). The average Bonchev–Trinajstić information content (AvgIpc) is 2.84. The van der Waals surface area contributed by atoms with Crippen LogP contribution in [0.3, 0.4) is 0 Å². The first-order valence-electron chi connectivity index (χ1n) is 11.0. The van der Waals surface area contributed by atoms with Gasteiger partial charge in [0.2, 0.25) is 11.8 Å². The molecule has 0 aliphatic carbocycles. The molecular formula is C26H25Cl2N3O5. The zero-order valence-corrected chi connectivity index (χ0v) is 21.2. The number of hydrogen-bond acceptors (Lipinski definition) is 6. The van der Waals surface area contributed by atoms with E-state index in [1.54, 1.807) is 60.7 Å². The first-order chi connectivity index (χ1) is 17.4. The lowest BCUT2D eigenvalue weighted by Crippen LogP contribution is -2.24. The molecule has 188 valence electrons. The predicted molar refractivity (Wildman–Crippen MR) is 140 cm³/mol. The van der Waals surface area contributed by atoms with Gasteiger partial charge in [0, 0.05) is 27.4 Å². The lowest BCUT2D eigenvalue weighted by atomic mass is 10.2. The topological polar surface area (TPSA) is 98.2 Å². The van der Waals surface area contributed by atoms with E-state index in [2.05, 4.69) is 15.8 Å². The van der Waals surface area contributed by atoms with Crippen LogP contribution >= 0.6 is 23.2 Å². The van der Waals surface area contributed by atoms with Gasteiger partial charge >= 0.3 is 0 Å². The number of anilines is 1. The maximum atomic E-state index is 12.1. The van der Waals surface area contributed by atoms with Gasteiger partial charge in [-0.05, 0) is 55.0 Å². The van der Waals surface area contributed by atoms with Crippen LogP contribution in [0.5, 0.6) is 17.2 Å². The van der Waals surface area contributed by atoms with Crippen LogP contribution in [0, 0.1) is 0 Å². The van der Waals surface area contributed by atoms with Crippen molar-refractivity contribution in [2.24, 2.45) is 5.10 Å². The van der Waals surface area contributed by atoms with E-state index in [4.69, 9.17) is 37.4 Å². The number of halogens is 2. The summed E-state index contributed by atoms with van der Waals surface area (Å²) in [4.78, 5) is 24.2. The number of nitrogens with zero attached hydrogens (tertiary/aromatic N) is 1. The third kappa shape index (κ3) is 8.18. The molecule has 2 amide bonds. The van der Waals surface area contributed by atoms with Crippen LogP contribution in [0.2, 0.25) is 10.0 Å². The molecule has 3 aromatic carbocycles. The highest BCUT2D eigenvalue weighted by Gasteiger charge is 2.11. The SMILES string of the molecule is CCOc1cc(C=NNC(=O)CC(=O)Nc2cccc(OC)c2)ccc1OCc1ccc(Cl)cc1Cl. The van der Waals surface area contributed by atoms with Gasteiger partial charge < -0.3 is 19.5 Å². The highest BCUT2D eigenvalue weighted by molar-refractivity contribution is 6.35. The Morgan fingerprint density at radius 1 is 0.972 bits per heavy atom. The Hall–Kier alpha value is -3.75. The van der Waals surface area contributed by atoms with Gasteiger partial charge in [0.1, 0.15) is 18.8 Å². The van der Waals surface area contributed by atoms with Crippen LogP contribution < -0.4 is 25.0 Å². The fraction of sp³-hybridized carbons (Fsp3) is 0.192. The summed E-state index contributed by atoms with van der Waals surface area (Å²) in [6, 6.07) is 17.3. The molecule has 36 heavy (non-hydrogen) atoms. The number of nitrogens with one attached hydrogen (secondary N) is 2. The Kier molecular flexibility index (Phi) is 9.97. The summed E-state index contributed by atoms with van der Waals surface area (Å²) in [6.07, 6.45) is 1.05. The van der Waals surface area contributed by atoms with E-state index < -0.39 is 18.2 Å². The van der Waals surface area contributed by atoms with Crippen molar-refractivity contribution in [2.45, 2.75) is 20.0 Å². The summed E-state index contributed by atoms with van der Waals surface area (Å²) in [6.45, 7) is 2.52. The van der Waals surface area contributed by atoms with E-state index in [0.29, 0.717) is 45.2 Å². The molecule has 0 radical (unpaired) electrons. The van der Waals surface area contributed by atoms with Crippen LogP contribution in [0.15, 0.2) is 65.8 Å². The molecule has 8 nitrogen and oxygen atoms in total. The number of methoxy groups -OCH3 is 1. The largest absolute Gasteiger partial charge is 0.497 e. The third-order valence-electron chi connectivity index (χ3n) is 4.74. The summed E-state index contributed by atoms with van der Waals surface area (Å²) in [5, 5.41) is 7.62. The summed E-state index contributed by atoms with van der Waals surface area (Å²) >= 11 is 12.2. The van der Waals surface area contributed by atoms with E-state index in [9.17, 15) is 9.59 Å². The molecule has 3 rings (SSSR count). The van der Waals surface area contributed by atoms with Crippen molar-refractivity contribution in [3.05, 3.63) is 81.8 Å². The molecule has 2 N–H and O–H groups in total. The molecular weight excluding hydrogens is 505 g/mol. The number of carbonyl (C=O) groups is 2. The lowest BCUT2D eigenvalue weighted by molar-refractivity contribution is -0.126. The lowest BCUT2D eigenvalue weighted by Gasteiger charge is -2.13. The van der Waals surface area contributed by atoms with Gasteiger partial charge in [0.25, 0.3) is 0 Å². The van der Waals surface area contributed by atoms with Gasteiger partial charge in [-0.2, -0.15) is 5.10 Å². The minimum atomic E-state index is -0.559. The van der Waals surface area contributed by atoms with E-state index in [-0.39, 0.29) is 6.61 Å². The minimum Gasteiger partial charge on any atom is -0.497 e. The highest BCUT2D eigenvalue weighted by atomic mass is 35.5. The zero-order chi connectivity index (χ0) is 25.9. The van der Waals surface area contributed by atoms with Crippen LogP contribution in [0.1, 0.15) is 24.5 Å². The number of amides is 2. The summed E-state index contributed by atoms with van der Waals surface area (Å²) in [5.74, 6) is 0.598. The molecule has 10 heteroatoms. The number of hydrogen-bond donors (Lipinski definition) is 2. The van der Waals surface area contributed by atoms with E-state index in [1.807, 2.05) is 6.92 Å². The Labute approximate surface area is 219 Å². The highest BCUT2D eigenvalue weighted by Crippen LogP contribution is 2.30. The Balaban J connectivity index is 1.55. The molecule has 0 atom stereocenters. The summed E-state index contributed by atoms with van der Waals surface area (Å²) in [7, 11) is 1.53. The molecule has 0 heterocycles. The number of hydrazone groups is 1. The zero-order valence-electron chi connectivity index (χ0n) is 19.7. The Morgan fingerprint density at radius 2 is 1.81 bits per heavy atom. The minimum absolute atomic E-state index is 0.234. The number of ether oxygens (including phenoxy) is 3. The van der Waals surface area contributed by atoms with Gasteiger partial charge in [0.15, 0.2) is 11.5 Å². The van der Waals surface area contributed by atoms with Crippen LogP contribution in [0.25, 0.3) is 0 Å². The second-order valence-electron chi connectivity index (χ2n) is 7.41. The van der Waals surface area contributed by atoms with Crippen molar-refractivity contribution < 1.29 is 23.8 Å².